The third-order valence-electron chi connectivity index (χ3n) is 5.39. The molecule has 3 aromatic rings. The molecule has 160 valence electrons. The Morgan fingerprint density at radius 2 is 1.74 bits per heavy atom. The number of ether oxygens (including phenoxy) is 1. The van der Waals surface area contributed by atoms with Gasteiger partial charge in [0, 0.05) is 45.2 Å². The first-order chi connectivity index (χ1) is 15.0. The molecule has 1 aromatic heterocycles. The molecule has 0 bridgehead atoms. The lowest BCUT2D eigenvalue weighted by atomic mass is 10.1. The second kappa shape index (κ2) is 9.18. The molecule has 0 saturated carbocycles. The summed E-state index contributed by atoms with van der Waals surface area (Å²) < 4.78 is 11.3. The molecular formula is C25H26N2O4. The Kier molecular flexibility index (Phi) is 6.18. The zero-order chi connectivity index (χ0) is 21.8. The smallest absolute Gasteiger partial charge is 0.253 e. The van der Waals surface area contributed by atoms with Crippen LogP contribution in [0.5, 0.6) is 5.75 Å². The molecule has 0 unspecified atom stereocenters. The molecular weight excluding hydrogens is 392 g/mol. The highest BCUT2D eigenvalue weighted by atomic mass is 16.5. The van der Waals surface area contributed by atoms with E-state index in [1.807, 2.05) is 24.3 Å². The van der Waals surface area contributed by atoms with E-state index < -0.39 is 0 Å². The molecule has 1 aliphatic heterocycles. The van der Waals surface area contributed by atoms with Gasteiger partial charge in [-0.2, -0.15) is 0 Å². The van der Waals surface area contributed by atoms with Crippen LogP contribution in [0.3, 0.4) is 0 Å². The lowest BCUT2D eigenvalue weighted by Crippen LogP contribution is -2.21. The van der Waals surface area contributed by atoms with Gasteiger partial charge in [0.15, 0.2) is 0 Å². The Hall–Kier alpha value is -3.38. The van der Waals surface area contributed by atoms with Crippen LogP contribution in [0.2, 0.25) is 0 Å². The Balaban J connectivity index is 1.29. The number of hydrogen-bond acceptors (Lipinski definition) is 5. The van der Waals surface area contributed by atoms with Gasteiger partial charge < -0.3 is 14.1 Å². The van der Waals surface area contributed by atoms with Gasteiger partial charge in [0.2, 0.25) is 11.2 Å². The summed E-state index contributed by atoms with van der Waals surface area (Å²) in [6.07, 6.45) is 2.03. The van der Waals surface area contributed by atoms with Crippen molar-refractivity contribution in [2.45, 2.75) is 26.1 Å². The van der Waals surface area contributed by atoms with Gasteiger partial charge in [-0.1, -0.05) is 36.4 Å². The molecule has 6 nitrogen and oxygen atoms in total. The van der Waals surface area contributed by atoms with E-state index >= 15 is 0 Å². The van der Waals surface area contributed by atoms with Crippen LogP contribution in [0.1, 0.15) is 32.8 Å². The lowest BCUT2D eigenvalue weighted by molar-refractivity contribution is 0.0827. The van der Waals surface area contributed by atoms with Crippen LogP contribution in [0, 0.1) is 0 Å². The van der Waals surface area contributed by atoms with Gasteiger partial charge in [-0.15, -0.1) is 0 Å². The molecule has 0 atom stereocenters. The highest BCUT2D eigenvalue weighted by molar-refractivity contribution is 5.93. The Morgan fingerprint density at radius 3 is 2.35 bits per heavy atom. The minimum Gasteiger partial charge on any atom is -0.486 e. The van der Waals surface area contributed by atoms with Crippen LogP contribution in [-0.2, 0) is 26.1 Å². The third-order valence-corrected chi connectivity index (χ3v) is 5.39. The van der Waals surface area contributed by atoms with Crippen molar-refractivity contribution < 1.29 is 13.9 Å². The van der Waals surface area contributed by atoms with Gasteiger partial charge in [-0.3, -0.25) is 14.5 Å². The van der Waals surface area contributed by atoms with Crippen molar-refractivity contribution in [3.05, 3.63) is 99.1 Å². The van der Waals surface area contributed by atoms with Crippen molar-refractivity contribution in [2.75, 3.05) is 20.7 Å². The minimum atomic E-state index is -0.176. The number of carbonyl (C=O) groups is 1. The Morgan fingerprint density at radius 1 is 1.06 bits per heavy atom. The molecule has 0 spiro atoms. The van der Waals surface area contributed by atoms with Gasteiger partial charge in [0.05, 0.1) is 13.2 Å². The van der Waals surface area contributed by atoms with E-state index in [1.54, 1.807) is 31.1 Å². The topological polar surface area (TPSA) is 63.0 Å². The number of nitrogens with zero attached hydrogens (tertiary/aromatic N) is 2. The first kappa shape index (κ1) is 20.9. The van der Waals surface area contributed by atoms with Crippen LogP contribution < -0.4 is 10.2 Å². The number of fused-ring (bicyclic) bond motifs is 1. The fourth-order valence-corrected chi connectivity index (χ4v) is 3.71. The Bertz CT molecular complexity index is 1090. The molecule has 31 heavy (non-hydrogen) atoms. The highest BCUT2D eigenvalue weighted by Crippen LogP contribution is 2.23. The molecule has 1 amide bonds. The second-order valence-corrected chi connectivity index (χ2v) is 7.98. The van der Waals surface area contributed by atoms with Gasteiger partial charge in [-0.05, 0) is 28.8 Å². The summed E-state index contributed by atoms with van der Waals surface area (Å²) in [4.78, 5) is 28.1. The molecule has 0 fully saturated rings. The van der Waals surface area contributed by atoms with Gasteiger partial charge in [-0.25, -0.2) is 0 Å². The molecule has 2 aromatic carbocycles. The van der Waals surface area contributed by atoms with Gasteiger partial charge in [0.25, 0.3) is 5.91 Å². The number of benzene rings is 2. The summed E-state index contributed by atoms with van der Waals surface area (Å²) in [5.74, 6) is 0.817. The SMILES string of the molecule is CN(C)C(=O)c1ccc(CCOc2coc(CN3Cc4ccccc4C3)cc2=O)cc1. The van der Waals surface area contributed by atoms with E-state index in [2.05, 4.69) is 17.0 Å². The Labute approximate surface area is 181 Å². The predicted molar refractivity (Wildman–Crippen MR) is 118 cm³/mol. The van der Waals surface area contributed by atoms with Crippen molar-refractivity contribution in [1.82, 2.24) is 9.80 Å². The van der Waals surface area contributed by atoms with E-state index in [0.717, 1.165) is 18.7 Å². The first-order valence-corrected chi connectivity index (χ1v) is 10.3. The standard InChI is InChI=1S/C25H26N2O4/c1-26(2)25(29)19-9-7-18(8-10-19)11-12-30-24-17-31-22(13-23(24)28)16-27-14-20-5-3-4-6-21(20)15-27/h3-10,13,17H,11-12,14-16H2,1-2H3. The van der Waals surface area contributed by atoms with Crippen LogP contribution in [0.15, 0.2) is 70.1 Å². The van der Waals surface area contributed by atoms with E-state index in [-0.39, 0.29) is 17.1 Å². The van der Waals surface area contributed by atoms with Crippen molar-refractivity contribution in [2.24, 2.45) is 0 Å². The number of hydrogen-bond donors (Lipinski definition) is 0. The van der Waals surface area contributed by atoms with Crippen LogP contribution in [0.4, 0.5) is 0 Å². The zero-order valence-electron chi connectivity index (χ0n) is 17.8. The summed E-state index contributed by atoms with van der Waals surface area (Å²) >= 11 is 0. The molecule has 0 saturated heterocycles. The predicted octanol–water partition coefficient (Wildman–Crippen LogP) is 3.48. The fraction of sp³-hybridized carbons (Fsp3) is 0.280. The monoisotopic (exact) mass is 418 g/mol. The average molecular weight is 418 g/mol. The van der Waals surface area contributed by atoms with Gasteiger partial charge in [0.1, 0.15) is 12.0 Å². The molecule has 4 rings (SSSR count). The quantitative estimate of drug-likeness (QED) is 0.588. The number of amides is 1. The summed E-state index contributed by atoms with van der Waals surface area (Å²) in [5.41, 5.74) is 4.15. The van der Waals surface area contributed by atoms with Crippen molar-refractivity contribution >= 4 is 5.91 Å². The lowest BCUT2D eigenvalue weighted by Gasteiger charge is -2.14. The van der Waals surface area contributed by atoms with E-state index in [9.17, 15) is 9.59 Å². The molecule has 6 heteroatoms. The summed E-state index contributed by atoms with van der Waals surface area (Å²) in [7, 11) is 3.45. The van der Waals surface area contributed by atoms with Crippen molar-refractivity contribution in [3.63, 3.8) is 0 Å². The van der Waals surface area contributed by atoms with Gasteiger partial charge >= 0.3 is 0 Å². The number of rotatable bonds is 7. The molecule has 0 radical (unpaired) electrons. The zero-order valence-corrected chi connectivity index (χ0v) is 17.8. The third kappa shape index (κ3) is 5.03. The molecule has 0 aliphatic carbocycles. The van der Waals surface area contributed by atoms with Crippen molar-refractivity contribution in [3.8, 4) is 5.75 Å². The van der Waals surface area contributed by atoms with Crippen LogP contribution in [0.25, 0.3) is 0 Å². The van der Waals surface area contributed by atoms with E-state index in [4.69, 9.17) is 9.15 Å². The van der Waals surface area contributed by atoms with Crippen LogP contribution in [-0.4, -0.2) is 36.4 Å². The average Bonchev–Trinajstić information content (AvgIpc) is 3.17. The first-order valence-electron chi connectivity index (χ1n) is 10.3. The number of carbonyl (C=O) groups excluding carboxylic acids is 1. The highest BCUT2D eigenvalue weighted by Gasteiger charge is 2.19. The normalized spacial score (nSPS) is 13.1. The maximum Gasteiger partial charge on any atom is 0.253 e. The maximum atomic E-state index is 12.4. The molecule has 2 heterocycles. The molecule has 0 N–H and O–H groups in total. The van der Waals surface area contributed by atoms with E-state index in [1.165, 1.54) is 23.5 Å². The fourth-order valence-electron chi connectivity index (χ4n) is 3.71. The maximum absolute atomic E-state index is 12.4. The summed E-state index contributed by atoms with van der Waals surface area (Å²) in [5, 5.41) is 0. The van der Waals surface area contributed by atoms with Crippen LogP contribution >= 0.6 is 0 Å². The van der Waals surface area contributed by atoms with E-state index in [0.29, 0.717) is 30.9 Å². The molecule has 1 aliphatic rings. The largest absolute Gasteiger partial charge is 0.486 e. The summed E-state index contributed by atoms with van der Waals surface area (Å²) in [6, 6.07) is 17.3. The summed E-state index contributed by atoms with van der Waals surface area (Å²) in [6.45, 7) is 2.66. The van der Waals surface area contributed by atoms with Crippen molar-refractivity contribution in [1.29, 1.82) is 0 Å². The minimum absolute atomic E-state index is 0.0293. The second-order valence-electron chi connectivity index (χ2n) is 7.98.